The number of rotatable bonds is 4. The van der Waals surface area contributed by atoms with Gasteiger partial charge in [-0.05, 0) is 19.8 Å². The Morgan fingerprint density at radius 1 is 1.33 bits per heavy atom. The van der Waals surface area contributed by atoms with E-state index in [9.17, 15) is 9.59 Å². The molecule has 1 aromatic heterocycles. The summed E-state index contributed by atoms with van der Waals surface area (Å²) < 4.78 is 1.61. The van der Waals surface area contributed by atoms with Gasteiger partial charge >= 0.3 is 5.97 Å². The molecule has 1 amide bonds. The quantitative estimate of drug-likeness (QED) is 0.834. The van der Waals surface area contributed by atoms with Gasteiger partial charge in [0, 0.05) is 12.7 Å². The average Bonchev–Trinajstić information content (AvgIpc) is 2.48. The van der Waals surface area contributed by atoms with Crippen molar-refractivity contribution < 1.29 is 14.7 Å². The zero-order chi connectivity index (χ0) is 14.0. The summed E-state index contributed by atoms with van der Waals surface area (Å²) in [5.41, 5.74) is 1.77. The molecule has 0 spiro atoms. The Bertz CT molecular complexity index is 477. The Hall–Kier alpha value is -1.85. The monoisotopic (exact) mass is 253 g/mol. The second-order valence-corrected chi connectivity index (χ2v) is 4.70. The van der Waals surface area contributed by atoms with E-state index in [4.69, 9.17) is 5.11 Å². The number of hydrogen-bond donors (Lipinski definition) is 2. The molecule has 0 saturated heterocycles. The molecule has 100 valence electrons. The van der Waals surface area contributed by atoms with Gasteiger partial charge in [-0.15, -0.1) is 0 Å². The second kappa shape index (κ2) is 5.20. The van der Waals surface area contributed by atoms with Crippen LogP contribution in [-0.4, -0.2) is 32.8 Å². The van der Waals surface area contributed by atoms with Crippen molar-refractivity contribution >= 4 is 11.9 Å². The lowest BCUT2D eigenvalue weighted by Crippen LogP contribution is -2.44. The summed E-state index contributed by atoms with van der Waals surface area (Å²) in [5, 5.41) is 15.7. The molecule has 0 aliphatic heterocycles. The lowest BCUT2D eigenvalue weighted by molar-refractivity contribution is -0.140. The van der Waals surface area contributed by atoms with E-state index in [0.717, 1.165) is 5.69 Å². The first-order valence-corrected chi connectivity index (χ1v) is 5.79. The molecular formula is C12H19N3O3. The lowest BCUT2D eigenvalue weighted by atomic mass is 10.0. The van der Waals surface area contributed by atoms with Gasteiger partial charge in [0.1, 0.15) is 6.04 Å². The Kier molecular flexibility index (Phi) is 4.11. The molecule has 0 radical (unpaired) electrons. The molecule has 18 heavy (non-hydrogen) atoms. The fourth-order valence-electron chi connectivity index (χ4n) is 1.83. The van der Waals surface area contributed by atoms with Crippen LogP contribution in [0.15, 0.2) is 0 Å². The van der Waals surface area contributed by atoms with Crippen molar-refractivity contribution in [3.63, 3.8) is 0 Å². The maximum Gasteiger partial charge on any atom is 0.326 e. The van der Waals surface area contributed by atoms with Crippen LogP contribution >= 0.6 is 0 Å². The number of aryl methyl sites for hydroxylation is 2. The molecular weight excluding hydrogens is 234 g/mol. The van der Waals surface area contributed by atoms with Gasteiger partial charge in [0.15, 0.2) is 0 Å². The molecule has 1 heterocycles. The van der Waals surface area contributed by atoms with E-state index in [2.05, 4.69) is 10.4 Å². The molecule has 0 aliphatic rings. The van der Waals surface area contributed by atoms with Gasteiger partial charge in [0.05, 0.1) is 11.3 Å². The van der Waals surface area contributed by atoms with Crippen molar-refractivity contribution in [2.45, 2.75) is 33.7 Å². The van der Waals surface area contributed by atoms with Gasteiger partial charge in [0.2, 0.25) is 0 Å². The second-order valence-electron chi connectivity index (χ2n) is 4.70. The number of carbonyl (C=O) groups is 2. The molecule has 0 saturated carbocycles. The van der Waals surface area contributed by atoms with Gasteiger partial charge in [-0.1, -0.05) is 13.8 Å². The number of carboxylic acid groups (broad SMARTS) is 1. The maximum atomic E-state index is 12.1. The Balaban J connectivity index is 2.98. The summed E-state index contributed by atoms with van der Waals surface area (Å²) in [6, 6.07) is -0.892. The molecule has 1 unspecified atom stereocenters. The molecule has 0 fully saturated rings. The summed E-state index contributed by atoms with van der Waals surface area (Å²) in [6.45, 7) is 7.01. The first kappa shape index (κ1) is 14.2. The van der Waals surface area contributed by atoms with Crippen LogP contribution in [-0.2, 0) is 11.8 Å². The Morgan fingerprint density at radius 3 is 2.22 bits per heavy atom. The molecule has 6 nitrogen and oxygen atoms in total. The third kappa shape index (κ3) is 2.69. The SMILES string of the molecule is Cc1nn(C)c(C)c1C(=O)NC(C(=O)O)C(C)C. The van der Waals surface area contributed by atoms with Crippen LogP contribution in [0.5, 0.6) is 0 Å². The molecule has 2 N–H and O–H groups in total. The third-order valence-corrected chi connectivity index (χ3v) is 2.96. The van der Waals surface area contributed by atoms with E-state index in [1.807, 2.05) is 0 Å². The first-order valence-electron chi connectivity index (χ1n) is 5.79. The van der Waals surface area contributed by atoms with Gasteiger partial charge in [0.25, 0.3) is 5.91 Å². The average molecular weight is 253 g/mol. The number of aromatic nitrogens is 2. The van der Waals surface area contributed by atoms with E-state index in [-0.39, 0.29) is 11.8 Å². The highest BCUT2D eigenvalue weighted by atomic mass is 16.4. The summed E-state index contributed by atoms with van der Waals surface area (Å²) in [5.74, 6) is -1.60. The largest absolute Gasteiger partial charge is 0.480 e. The van der Waals surface area contributed by atoms with Crippen molar-refractivity contribution in [1.29, 1.82) is 0 Å². The lowest BCUT2D eigenvalue weighted by Gasteiger charge is -2.17. The molecule has 1 rings (SSSR count). The van der Waals surface area contributed by atoms with Crippen LogP contribution in [0.4, 0.5) is 0 Å². The van der Waals surface area contributed by atoms with Gasteiger partial charge in [-0.3, -0.25) is 9.48 Å². The zero-order valence-electron chi connectivity index (χ0n) is 11.3. The smallest absolute Gasteiger partial charge is 0.326 e. The zero-order valence-corrected chi connectivity index (χ0v) is 11.3. The van der Waals surface area contributed by atoms with E-state index in [0.29, 0.717) is 11.3 Å². The molecule has 0 aliphatic carbocycles. The fourth-order valence-corrected chi connectivity index (χ4v) is 1.83. The molecule has 1 atom stereocenters. The van der Waals surface area contributed by atoms with Crippen LogP contribution in [0, 0.1) is 19.8 Å². The number of carboxylic acids is 1. The fraction of sp³-hybridized carbons (Fsp3) is 0.583. The predicted molar refractivity (Wildman–Crippen MR) is 66.4 cm³/mol. The van der Waals surface area contributed by atoms with Gasteiger partial charge in [-0.25, -0.2) is 4.79 Å². The van der Waals surface area contributed by atoms with Gasteiger partial charge < -0.3 is 10.4 Å². The van der Waals surface area contributed by atoms with Gasteiger partial charge in [-0.2, -0.15) is 5.10 Å². The summed E-state index contributed by atoms with van der Waals surface area (Å²) >= 11 is 0. The molecule has 0 bridgehead atoms. The van der Waals surface area contributed by atoms with Crippen LogP contribution in [0.25, 0.3) is 0 Å². The van der Waals surface area contributed by atoms with E-state index in [1.54, 1.807) is 39.4 Å². The number of carbonyl (C=O) groups excluding carboxylic acids is 1. The minimum Gasteiger partial charge on any atom is -0.480 e. The standard InChI is InChI=1S/C12H19N3O3/c1-6(2)10(12(17)18)13-11(16)9-7(3)14-15(5)8(9)4/h6,10H,1-5H3,(H,13,16)(H,17,18). The summed E-state index contributed by atoms with van der Waals surface area (Å²) in [4.78, 5) is 23.1. The van der Waals surface area contributed by atoms with Crippen LogP contribution in [0.3, 0.4) is 0 Å². The van der Waals surface area contributed by atoms with E-state index >= 15 is 0 Å². The predicted octanol–water partition coefficient (Wildman–Crippen LogP) is 0.876. The highest BCUT2D eigenvalue weighted by molar-refractivity contribution is 5.98. The minimum atomic E-state index is -1.03. The van der Waals surface area contributed by atoms with Crippen molar-refractivity contribution in [2.75, 3.05) is 0 Å². The Labute approximate surface area is 106 Å². The first-order chi connectivity index (χ1) is 8.25. The summed E-state index contributed by atoms with van der Waals surface area (Å²) in [6.07, 6.45) is 0. The minimum absolute atomic E-state index is 0.177. The van der Waals surface area contributed by atoms with Crippen molar-refractivity contribution in [3.8, 4) is 0 Å². The van der Waals surface area contributed by atoms with Crippen molar-refractivity contribution in [1.82, 2.24) is 15.1 Å². The molecule has 6 heteroatoms. The van der Waals surface area contributed by atoms with Crippen LogP contribution in [0.1, 0.15) is 35.6 Å². The normalized spacial score (nSPS) is 12.6. The highest BCUT2D eigenvalue weighted by Crippen LogP contribution is 2.13. The van der Waals surface area contributed by atoms with Crippen molar-refractivity contribution in [2.24, 2.45) is 13.0 Å². The highest BCUT2D eigenvalue weighted by Gasteiger charge is 2.26. The maximum absolute atomic E-state index is 12.1. The van der Waals surface area contributed by atoms with Crippen LogP contribution < -0.4 is 5.32 Å². The number of aliphatic carboxylic acids is 1. The molecule has 1 aromatic rings. The topological polar surface area (TPSA) is 84.2 Å². The number of amides is 1. The summed E-state index contributed by atoms with van der Waals surface area (Å²) in [7, 11) is 1.75. The van der Waals surface area contributed by atoms with Crippen molar-refractivity contribution in [3.05, 3.63) is 17.0 Å². The van der Waals surface area contributed by atoms with E-state index in [1.165, 1.54) is 0 Å². The number of hydrogen-bond acceptors (Lipinski definition) is 3. The third-order valence-electron chi connectivity index (χ3n) is 2.96. The van der Waals surface area contributed by atoms with E-state index < -0.39 is 12.0 Å². The number of nitrogens with zero attached hydrogens (tertiary/aromatic N) is 2. The van der Waals surface area contributed by atoms with Crippen LogP contribution in [0.2, 0.25) is 0 Å². The Morgan fingerprint density at radius 2 is 1.89 bits per heavy atom. The molecule has 0 aromatic carbocycles. The number of nitrogens with one attached hydrogen (secondary N) is 1.